The van der Waals surface area contributed by atoms with E-state index in [1.807, 2.05) is 58.0 Å². The van der Waals surface area contributed by atoms with Crippen LogP contribution in [-0.4, -0.2) is 45.0 Å². The topological polar surface area (TPSA) is 77.3 Å². The summed E-state index contributed by atoms with van der Waals surface area (Å²) in [4.78, 5) is 4.04. The lowest BCUT2D eigenvalue weighted by Crippen LogP contribution is -2.21. The highest BCUT2D eigenvalue weighted by Crippen LogP contribution is 2.42. The summed E-state index contributed by atoms with van der Waals surface area (Å²) in [5.74, 6) is 0. The summed E-state index contributed by atoms with van der Waals surface area (Å²) in [6.45, 7) is 9.46. The number of hydrogen-bond donors (Lipinski definition) is 0. The molecule has 0 saturated heterocycles. The van der Waals surface area contributed by atoms with Gasteiger partial charge in [-0.25, -0.2) is 18.1 Å². The van der Waals surface area contributed by atoms with Crippen LogP contribution in [-0.2, 0) is 27.9 Å². The summed E-state index contributed by atoms with van der Waals surface area (Å²) in [5, 5.41) is 4.03. The Hall–Kier alpha value is -0.910. The summed E-state index contributed by atoms with van der Waals surface area (Å²) in [7, 11) is -3.30. The second-order valence-electron chi connectivity index (χ2n) is 6.67. The van der Waals surface area contributed by atoms with E-state index in [1.54, 1.807) is 0 Å². The van der Waals surface area contributed by atoms with Crippen molar-refractivity contribution in [1.82, 2.24) is 18.6 Å². The summed E-state index contributed by atoms with van der Waals surface area (Å²) in [5.41, 5.74) is 1.62. The molecule has 10 heteroatoms. The minimum atomic E-state index is -3.67. The van der Waals surface area contributed by atoms with Crippen molar-refractivity contribution in [2.75, 3.05) is 6.61 Å². The maximum absolute atomic E-state index is 12.9. The summed E-state index contributed by atoms with van der Waals surface area (Å²) >= 11 is 0. The maximum Gasteiger partial charge on any atom is 0.286 e. The smallest absolute Gasteiger partial charge is 0.286 e. The van der Waals surface area contributed by atoms with Crippen LogP contribution < -0.4 is 0 Å². The Morgan fingerprint density at radius 3 is 2.33 bits per heavy atom. The fraction of sp³-hybridized carbons (Fsp3) is 0.529. The molecule has 27 heavy (non-hydrogen) atoms. The molecule has 1 heterocycles. The highest BCUT2D eigenvalue weighted by atomic mass is 32.2. The van der Waals surface area contributed by atoms with E-state index < -0.39 is 10.0 Å². The van der Waals surface area contributed by atoms with Crippen LogP contribution in [0.1, 0.15) is 33.3 Å². The number of rotatable bonds is 11. The average molecular weight is 430 g/mol. The van der Waals surface area contributed by atoms with E-state index in [2.05, 4.69) is 10.1 Å². The molecule has 150 valence electrons. The van der Waals surface area contributed by atoms with Crippen LogP contribution in [0.25, 0.3) is 0 Å². The van der Waals surface area contributed by atoms with Gasteiger partial charge in [-0.05, 0) is 34.3 Å². The minimum Gasteiger partial charge on any atom is -0.375 e. The zero-order chi connectivity index (χ0) is 19.9. The Bertz CT molecular complexity index is 788. The van der Waals surface area contributed by atoms with Gasteiger partial charge < -0.3 is 4.74 Å². The highest BCUT2D eigenvalue weighted by Gasteiger charge is 2.29. The van der Waals surface area contributed by atoms with Crippen LogP contribution >= 0.6 is 17.5 Å². The van der Waals surface area contributed by atoms with Crippen LogP contribution in [0.15, 0.2) is 41.8 Å². The molecule has 0 aliphatic carbocycles. The summed E-state index contributed by atoms with van der Waals surface area (Å²) < 4.78 is 34.5. The molecule has 2 atom stereocenters. The van der Waals surface area contributed by atoms with Gasteiger partial charge in [0, 0.05) is 0 Å². The van der Waals surface area contributed by atoms with Crippen molar-refractivity contribution < 1.29 is 13.2 Å². The molecule has 1 aromatic heterocycles. The zero-order valence-electron chi connectivity index (χ0n) is 16.2. The molecule has 0 bridgehead atoms. The fourth-order valence-electron chi connectivity index (χ4n) is 2.15. The molecule has 2 rings (SSSR count). The molecule has 0 saturated carbocycles. The minimum absolute atomic E-state index is 0.133. The lowest BCUT2D eigenvalue weighted by Gasteiger charge is -2.23. The Kier molecular flexibility index (Phi) is 8.77. The van der Waals surface area contributed by atoms with Crippen molar-refractivity contribution in [3.8, 4) is 0 Å². The zero-order valence-corrected chi connectivity index (χ0v) is 19.0. The molecule has 0 spiro atoms. The SMILES string of the molecule is CC(C)PN(PC(C)C)S(=O)(=O)c1ncn(CCOCc2ccccc2)n1. The van der Waals surface area contributed by atoms with Crippen LogP contribution in [0.5, 0.6) is 0 Å². The number of ether oxygens (including phenoxy) is 1. The van der Waals surface area contributed by atoms with Crippen molar-refractivity contribution in [3.05, 3.63) is 42.2 Å². The molecule has 0 radical (unpaired) electrons. The van der Waals surface area contributed by atoms with Crippen molar-refractivity contribution in [2.24, 2.45) is 0 Å². The van der Waals surface area contributed by atoms with E-state index in [4.69, 9.17) is 4.74 Å². The van der Waals surface area contributed by atoms with E-state index in [0.717, 1.165) is 5.56 Å². The predicted octanol–water partition coefficient (Wildman–Crippen LogP) is 3.49. The van der Waals surface area contributed by atoms with Gasteiger partial charge in [0.15, 0.2) is 0 Å². The Labute approximate surface area is 165 Å². The van der Waals surface area contributed by atoms with Gasteiger partial charge in [-0.2, -0.15) is 3.85 Å². The first-order valence-electron chi connectivity index (χ1n) is 8.88. The normalized spacial score (nSPS) is 13.3. The summed E-state index contributed by atoms with van der Waals surface area (Å²) in [6.07, 6.45) is 1.45. The maximum atomic E-state index is 12.9. The second-order valence-corrected chi connectivity index (χ2v) is 13.2. The largest absolute Gasteiger partial charge is 0.375 e. The van der Waals surface area contributed by atoms with Gasteiger partial charge in [-0.15, -0.1) is 5.10 Å². The standard InChI is InChI=1S/C17H28N4O3P2S/c1-14(2)25-21(26-15(3)4)27(22,23)17-18-13-20(19-17)10-11-24-12-16-8-6-5-7-9-16/h5-9,13-15,25-26H,10-12H2,1-4H3. The summed E-state index contributed by atoms with van der Waals surface area (Å²) in [6, 6.07) is 9.90. The molecule has 2 aromatic rings. The van der Waals surface area contributed by atoms with Crippen molar-refractivity contribution in [2.45, 2.75) is 57.3 Å². The van der Waals surface area contributed by atoms with E-state index in [9.17, 15) is 8.42 Å². The van der Waals surface area contributed by atoms with E-state index >= 15 is 0 Å². The first kappa shape index (κ1) is 22.4. The number of aromatic nitrogens is 3. The molecule has 2 unspecified atom stereocenters. The number of nitrogens with zero attached hydrogens (tertiary/aromatic N) is 4. The fourth-order valence-corrected chi connectivity index (χ4v) is 8.35. The average Bonchev–Trinajstić information content (AvgIpc) is 3.08. The molecule has 0 aliphatic rings. The number of hydrogen-bond acceptors (Lipinski definition) is 5. The van der Waals surface area contributed by atoms with Gasteiger partial charge in [-0.3, -0.25) is 0 Å². The second kappa shape index (κ2) is 10.6. The molecule has 0 N–H and O–H groups in total. The van der Waals surface area contributed by atoms with E-state index in [1.165, 1.54) is 14.9 Å². The Morgan fingerprint density at radius 2 is 1.74 bits per heavy atom. The van der Waals surface area contributed by atoms with Crippen LogP contribution in [0.4, 0.5) is 0 Å². The molecular weight excluding hydrogens is 402 g/mol. The lowest BCUT2D eigenvalue weighted by atomic mass is 10.2. The molecule has 1 aromatic carbocycles. The monoisotopic (exact) mass is 430 g/mol. The Morgan fingerprint density at radius 1 is 1.11 bits per heavy atom. The van der Waals surface area contributed by atoms with Gasteiger partial charge in [0.05, 0.1) is 19.8 Å². The third-order valence-electron chi connectivity index (χ3n) is 3.31. The van der Waals surface area contributed by atoms with Gasteiger partial charge in [0.25, 0.3) is 15.2 Å². The number of benzene rings is 1. The quantitative estimate of drug-likeness (QED) is 0.403. The van der Waals surface area contributed by atoms with E-state index in [-0.39, 0.29) is 33.9 Å². The van der Waals surface area contributed by atoms with Gasteiger partial charge in [-0.1, -0.05) is 58.0 Å². The highest BCUT2D eigenvalue weighted by molar-refractivity contribution is 7.97. The lowest BCUT2D eigenvalue weighted by molar-refractivity contribution is 0.110. The first-order chi connectivity index (χ1) is 12.8. The predicted molar refractivity (Wildman–Crippen MR) is 112 cm³/mol. The number of sulfonamides is 1. The van der Waals surface area contributed by atoms with Crippen LogP contribution in [0.3, 0.4) is 0 Å². The molecule has 0 amide bonds. The van der Waals surface area contributed by atoms with Gasteiger partial charge in [0.1, 0.15) is 6.33 Å². The molecule has 0 aliphatic heterocycles. The first-order valence-corrected chi connectivity index (χ1v) is 12.4. The van der Waals surface area contributed by atoms with Crippen LogP contribution in [0, 0.1) is 0 Å². The Balaban J connectivity index is 1.95. The third kappa shape index (κ3) is 7.20. The third-order valence-corrected chi connectivity index (χ3v) is 8.79. The van der Waals surface area contributed by atoms with Crippen LogP contribution in [0.2, 0.25) is 0 Å². The van der Waals surface area contributed by atoms with Gasteiger partial charge in [0.2, 0.25) is 0 Å². The molecular formula is C17H28N4O3P2S. The van der Waals surface area contributed by atoms with Crippen molar-refractivity contribution >= 4 is 27.5 Å². The van der Waals surface area contributed by atoms with Gasteiger partial charge >= 0.3 is 0 Å². The van der Waals surface area contributed by atoms with E-state index in [0.29, 0.717) is 19.8 Å². The molecule has 0 fully saturated rings. The molecule has 7 nitrogen and oxygen atoms in total. The van der Waals surface area contributed by atoms with Crippen molar-refractivity contribution in [1.29, 1.82) is 0 Å². The van der Waals surface area contributed by atoms with Crippen molar-refractivity contribution in [3.63, 3.8) is 0 Å².